The molecular formula is C17H30N4O2S. The third kappa shape index (κ3) is 3.83. The van der Waals surface area contributed by atoms with Gasteiger partial charge in [-0.15, -0.1) is 0 Å². The van der Waals surface area contributed by atoms with Crippen molar-refractivity contribution in [2.24, 2.45) is 11.8 Å². The Morgan fingerprint density at radius 2 is 2.04 bits per heavy atom. The molecule has 1 saturated heterocycles. The zero-order chi connectivity index (χ0) is 17.3. The fourth-order valence-electron chi connectivity index (χ4n) is 3.54. The first-order valence-corrected chi connectivity index (χ1v) is 10.6. The first-order chi connectivity index (χ1) is 11.4. The average molecular weight is 355 g/mol. The van der Waals surface area contributed by atoms with E-state index < -0.39 is 10.0 Å². The summed E-state index contributed by atoms with van der Waals surface area (Å²) in [5.41, 5.74) is 0. The second-order valence-electron chi connectivity index (χ2n) is 7.50. The van der Waals surface area contributed by atoms with Crippen molar-refractivity contribution in [3.63, 3.8) is 0 Å². The van der Waals surface area contributed by atoms with Crippen LogP contribution < -0.4 is 0 Å². The van der Waals surface area contributed by atoms with Gasteiger partial charge in [-0.05, 0) is 44.6 Å². The lowest BCUT2D eigenvalue weighted by atomic mass is 10.0. The quantitative estimate of drug-likeness (QED) is 0.784. The molecule has 0 N–H and O–H groups in total. The Kier molecular flexibility index (Phi) is 5.32. The molecule has 2 heterocycles. The number of hydrogen-bond acceptors (Lipinski definition) is 4. The zero-order valence-corrected chi connectivity index (χ0v) is 15.9. The molecule has 136 valence electrons. The first-order valence-electron chi connectivity index (χ1n) is 9.18. The van der Waals surface area contributed by atoms with E-state index in [0.717, 1.165) is 25.4 Å². The van der Waals surface area contributed by atoms with E-state index in [9.17, 15) is 8.42 Å². The van der Waals surface area contributed by atoms with E-state index in [0.29, 0.717) is 36.5 Å². The van der Waals surface area contributed by atoms with Crippen molar-refractivity contribution in [3.8, 4) is 0 Å². The van der Waals surface area contributed by atoms with E-state index in [1.807, 2.05) is 6.92 Å². The number of hydrogen-bond donors (Lipinski definition) is 0. The van der Waals surface area contributed by atoms with E-state index in [4.69, 9.17) is 0 Å². The van der Waals surface area contributed by atoms with Crippen molar-refractivity contribution in [2.75, 3.05) is 26.2 Å². The second-order valence-corrected chi connectivity index (χ2v) is 9.44. The molecule has 7 heteroatoms. The Balaban J connectivity index is 1.79. The molecule has 1 atom stereocenters. The van der Waals surface area contributed by atoms with Crippen molar-refractivity contribution in [3.05, 3.63) is 12.4 Å². The molecule has 0 radical (unpaired) electrons. The van der Waals surface area contributed by atoms with E-state index in [-0.39, 0.29) is 0 Å². The molecule has 1 aromatic heterocycles. The zero-order valence-electron chi connectivity index (χ0n) is 15.1. The van der Waals surface area contributed by atoms with Gasteiger partial charge in [0, 0.05) is 38.4 Å². The average Bonchev–Trinajstić information content (AvgIpc) is 3.26. The molecule has 1 saturated carbocycles. The Morgan fingerprint density at radius 1 is 1.29 bits per heavy atom. The first kappa shape index (κ1) is 17.9. The minimum atomic E-state index is -3.45. The molecule has 24 heavy (non-hydrogen) atoms. The number of aromatic nitrogens is 2. The van der Waals surface area contributed by atoms with Crippen LogP contribution in [0.2, 0.25) is 0 Å². The van der Waals surface area contributed by atoms with Gasteiger partial charge < -0.3 is 0 Å². The molecule has 0 aromatic carbocycles. The predicted octanol–water partition coefficient (Wildman–Crippen LogP) is 2.03. The van der Waals surface area contributed by atoms with Gasteiger partial charge in [-0.3, -0.25) is 9.58 Å². The van der Waals surface area contributed by atoms with Gasteiger partial charge in [0.05, 0.1) is 6.20 Å². The monoisotopic (exact) mass is 354 g/mol. The van der Waals surface area contributed by atoms with Crippen LogP contribution in [0.25, 0.3) is 0 Å². The molecule has 0 bridgehead atoms. The lowest BCUT2D eigenvalue weighted by Gasteiger charge is -2.34. The summed E-state index contributed by atoms with van der Waals surface area (Å²) in [6.45, 7) is 10.4. The highest BCUT2D eigenvalue weighted by Crippen LogP contribution is 2.32. The van der Waals surface area contributed by atoms with Crippen LogP contribution in [0, 0.1) is 11.8 Å². The molecule has 6 nitrogen and oxygen atoms in total. The SMILES string of the molecule is CCn1cc(S(=O)(=O)N2CCCN(CC3CC3)[C@H](C(C)C)C2)cn1. The summed E-state index contributed by atoms with van der Waals surface area (Å²) in [5.74, 6) is 1.27. The van der Waals surface area contributed by atoms with E-state index in [2.05, 4.69) is 23.8 Å². The third-order valence-corrected chi connectivity index (χ3v) is 7.06. The van der Waals surface area contributed by atoms with Crippen LogP contribution in [-0.2, 0) is 16.6 Å². The maximum Gasteiger partial charge on any atom is 0.246 e. The van der Waals surface area contributed by atoms with E-state index >= 15 is 0 Å². The summed E-state index contributed by atoms with van der Waals surface area (Å²) < 4.78 is 29.4. The number of sulfonamides is 1. The highest BCUT2D eigenvalue weighted by atomic mass is 32.2. The van der Waals surface area contributed by atoms with Gasteiger partial charge in [-0.25, -0.2) is 8.42 Å². The van der Waals surface area contributed by atoms with Crippen LogP contribution >= 0.6 is 0 Å². The minimum Gasteiger partial charge on any atom is -0.298 e. The highest BCUT2D eigenvalue weighted by molar-refractivity contribution is 7.89. The molecule has 1 aliphatic carbocycles. The Morgan fingerprint density at radius 3 is 2.62 bits per heavy atom. The predicted molar refractivity (Wildman–Crippen MR) is 94.2 cm³/mol. The Hall–Kier alpha value is -0.920. The standard InChI is InChI=1S/C17H30N4O2S/c1-4-20-12-16(10-18-20)24(22,23)21-9-5-8-19(11-15-6-7-15)17(13-21)14(2)3/h10,12,14-15,17H,4-9,11,13H2,1-3H3/t17-/m0/s1. The van der Waals surface area contributed by atoms with Gasteiger partial charge in [-0.2, -0.15) is 9.40 Å². The van der Waals surface area contributed by atoms with Crippen molar-refractivity contribution in [2.45, 2.75) is 57.5 Å². The lowest BCUT2D eigenvalue weighted by molar-refractivity contribution is 0.150. The van der Waals surface area contributed by atoms with Crippen LogP contribution in [0.3, 0.4) is 0 Å². The number of nitrogens with zero attached hydrogens (tertiary/aromatic N) is 4. The van der Waals surface area contributed by atoms with Crippen LogP contribution in [-0.4, -0.2) is 59.6 Å². The minimum absolute atomic E-state index is 0.295. The Labute approximate surface area is 145 Å². The van der Waals surface area contributed by atoms with Crippen molar-refractivity contribution < 1.29 is 8.42 Å². The molecule has 2 aliphatic rings. The van der Waals surface area contributed by atoms with Gasteiger partial charge in [-0.1, -0.05) is 13.8 Å². The third-order valence-electron chi connectivity index (χ3n) is 5.24. The van der Waals surface area contributed by atoms with Crippen LogP contribution in [0.1, 0.15) is 40.0 Å². The molecule has 1 aliphatic heterocycles. The fourth-order valence-corrected chi connectivity index (χ4v) is 4.99. The molecule has 0 amide bonds. The lowest BCUT2D eigenvalue weighted by Crippen LogP contribution is -2.46. The van der Waals surface area contributed by atoms with Crippen LogP contribution in [0.5, 0.6) is 0 Å². The summed E-state index contributed by atoms with van der Waals surface area (Å²) in [6, 6.07) is 0.295. The van der Waals surface area contributed by atoms with Crippen molar-refractivity contribution in [1.82, 2.24) is 19.0 Å². The van der Waals surface area contributed by atoms with Crippen molar-refractivity contribution >= 4 is 10.0 Å². The largest absolute Gasteiger partial charge is 0.298 e. The summed E-state index contributed by atoms with van der Waals surface area (Å²) >= 11 is 0. The maximum absolute atomic E-state index is 13.0. The fraction of sp³-hybridized carbons (Fsp3) is 0.824. The number of rotatable bonds is 6. The van der Waals surface area contributed by atoms with E-state index in [1.54, 1.807) is 15.2 Å². The topological polar surface area (TPSA) is 58.4 Å². The Bertz CT molecular complexity index is 651. The molecule has 0 spiro atoms. The molecule has 1 aromatic rings. The van der Waals surface area contributed by atoms with Crippen molar-refractivity contribution in [1.29, 1.82) is 0 Å². The maximum atomic E-state index is 13.0. The van der Waals surface area contributed by atoms with Crippen LogP contribution in [0.4, 0.5) is 0 Å². The van der Waals surface area contributed by atoms with Gasteiger partial charge in [0.25, 0.3) is 0 Å². The summed E-state index contributed by atoms with van der Waals surface area (Å²) in [4.78, 5) is 2.86. The molecule has 3 rings (SSSR count). The molecule has 2 fully saturated rings. The number of aryl methyl sites for hydroxylation is 1. The second kappa shape index (κ2) is 7.14. The molecular weight excluding hydrogens is 324 g/mol. The van der Waals surface area contributed by atoms with Gasteiger partial charge in [0.15, 0.2) is 0 Å². The normalized spacial score (nSPS) is 24.4. The van der Waals surface area contributed by atoms with E-state index in [1.165, 1.54) is 19.0 Å². The highest BCUT2D eigenvalue weighted by Gasteiger charge is 2.36. The van der Waals surface area contributed by atoms with Gasteiger partial charge in [0.2, 0.25) is 10.0 Å². The van der Waals surface area contributed by atoms with Gasteiger partial charge in [0.1, 0.15) is 4.90 Å². The summed E-state index contributed by atoms with van der Waals surface area (Å²) in [7, 11) is -3.45. The smallest absolute Gasteiger partial charge is 0.246 e. The summed E-state index contributed by atoms with van der Waals surface area (Å²) in [5, 5.41) is 4.14. The van der Waals surface area contributed by atoms with Gasteiger partial charge >= 0.3 is 0 Å². The summed E-state index contributed by atoms with van der Waals surface area (Å²) in [6.07, 6.45) is 6.69. The van der Waals surface area contributed by atoms with Crippen LogP contribution in [0.15, 0.2) is 17.3 Å². The molecule has 0 unspecified atom stereocenters.